The van der Waals surface area contributed by atoms with Gasteiger partial charge in [-0.1, -0.05) is 11.6 Å². The standard InChI is InChI=1S/C5H11ClO3S/c1-4(7)5(2,6)10(3,8)9/h4,7H,1-3H3/t4-,5-/m0/s1. The lowest BCUT2D eigenvalue weighted by molar-refractivity contribution is 0.180. The molecule has 0 aromatic rings. The molecule has 0 aromatic carbocycles. The topological polar surface area (TPSA) is 54.4 Å². The van der Waals surface area contributed by atoms with Gasteiger partial charge in [0, 0.05) is 6.26 Å². The van der Waals surface area contributed by atoms with Gasteiger partial charge in [0.1, 0.15) is 0 Å². The van der Waals surface area contributed by atoms with Gasteiger partial charge in [-0.2, -0.15) is 0 Å². The van der Waals surface area contributed by atoms with Crippen LogP contribution in [-0.2, 0) is 9.84 Å². The fourth-order valence-electron chi connectivity index (χ4n) is 0.310. The van der Waals surface area contributed by atoms with E-state index in [9.17, 15) is 8.42 Å². The van der Waals surface area contributed by atoms with E-state index in [-0.39, 0.29) is 0 Å². The summed E-state index contributed by atoms with van der Waals surface area (Å²) in [5.41, 5.74) is 0. The van der Waals surface area contributed by atoms with Gasteiger partial charge in [-0.15, -0.1) is 0 Å². The van der Waals surface area contributed by atoms with Gasteiger partial charge in [0.05, 0.1) is 6.10 Å². The highest BCUT2D eigenvalue weighted by Gasteiger charge is 2.38. The number of hydrogen-bond acceptors (Lipinski definition) is 3. The van der Waals surface area contributed by atoms with Crippen molar-refractivity contribution < 1.29 is 13.5 Å². The van der Waals surface area contributed by atoms with E-state index in [1.807, 2.05) is 0 Å². The molecule has 0 unspecified atom stereocenters. The fraction of sp³-hybridized carbons (Fsp3) is 1.00. The lowest BCUT2D eigenvalue weighted by atomic mass is 10.3. The van der Waals surface area contributed by atoms with Crippen LogP contribution >= 0.6 is 11.6 Å². The summed E-state index contributed by atoms with van der Waals surface area (Å²) in [6, 6.07) is 0. The SMILES string of the molecule is C[C@H](O)[C@@](C)(Cl)S(C)(=O)=O. The van der Waals surface area contributed by atoms with Crippen LogP contribution in [0.25, 0.3) is 0 Å². The number of sulfone groups is 1. The highest BCUT2D eigenvalue weighted by molar-refractivity contribution is 7.93. The van der Waals surface area contributed by atoms with Crippen molar-refractivity contribution in [2.75, 3.05) is 6.26 Å². The summed E-state index contributed by atoms with van der Waals surface area (Å²) in [5.74, 6) is 0. The number of rotatable bonds is 2. The number of aliphatic hydroxyl groups is 1. The first kappa shape index (κ1) is 10.2. The van der Waals surface area contributed by atoms with Crippen LogP contribution in [0.4, 0.5) is 0 Å². The average Bonchev–Trinajstić information content (AvgIpc) is 1.62. The predicted molar refractivity (Wildman–Crippen MR) is 40.8 cm³/mol. The summed E-state index contributed by atoms with van der Waals surface area (Å²) in [7, 11) is -3.39. The fourth-order valence-corrected chi connectivity index (χ4v) is 0.929. The second kappa shape index (κ2) is 2.68. The molecule has 3 nitrogen and oxygen atoms in total. The molecule has 10 heavy (non-hydrogen) atoms. The monoisotopic (exact) mass is 186 g/mol. The van der Waals surface area contributed by atoms with Gasteiger partial charge in [-0.3, -0.25) is 0 Å². The first-order valence-electron chi connectivity index (χ1n) is 2.76. The summed E-state index contributed by atoms with van der Waals surface area (Å²) in [5, 5.41) is 8.90. The number of aliphatic hydroxyl groups excluding tert-OH is 1. The Balaban J connectivity index is 4.76. The molecule has 0 spiro atoms. The van der Waals surface area contributed by atoms with E-state index in [4.69, 9.17) is 16.7 Å². The maximum Gasteiger partial charge on any atom is 0.169 e. The van der Waals surface area contributed by atoms with E-state index in [1.165, 1.54) is 13.8 Å². The molecule has 62 valence electrons. The average molecular weight is 187 g/mol. The predicted octanol–water partition coefficient (Wildman–Crippen LogP) is 0.367. The normalized spacial score (nSPS) is 21.7. The molecule has 0 saturated carbocycles. The Bertz CT molecular complexity index is 205. The first-order valence-corrected chi connectivity index (χ1v) is 5.03. The summed E-state index contributed by atoms with van der Waals surface area (Å²) in [6.07, 6.45) is -0.0728. The Morgan fingerprint density at radius 3 is 1.90 bits per heavy atom. The van der Waals surface area contributed by atoms with Gasteiger partial charge in [0.25, 0.3) is 0 Å². The van der Waals surface area contributed by atoms with Crippen LogP contribution in [0.15, 0.2) is 0 Å². The maximum absolute atomic E-state index is 10.8. The van der Waals surface area contributed by atoms with E-state index in [2.05, 4.69) is 0 Å². The number of hydrogen-bond donors (Lipinski definition) is 1. The number of halogens is 1. The van der Waals surface area contributed by atoms with Crippen molar-refractivity contribution >= 4 is 21.4 Å². The molecular formula is C5H11ClO3S. The second-order valence-electron chi connectivity index (χ2n) is 2.43. The van der Waals surface area contributed by atoms with E-state index in [0.717, 1.165) is 6.26 Å². The summed E-state index contributed by atoms with van der Waals surface area (Å²) >= 11 is 5.51. The summed E-state index contributed by atoms with van der Waals surface area (Å²) in [4.78, 5) is 0. The van der Waals surface area contributed by atoms with Gasteiger partial charge in [-0.25, -0.2) is 8.42 Å². The molecule has 0 saturated heterocycles. The van der Waals surface area contributed by atoms with Crippen LogP contribution in [0.3, 0.4) is 0 Å². The van der Waals surface area contributed by atoms with Crippen LogP contribution in [0.1, 0.15) is 13.8 Å². The van der Waals surface area contributed by atoms with Gasteiger partial charge < -0.3 is 5.11 Å². The van der Waals surface area contributed by atoms with Crippen LogP contribution in [0, 0.1) is 0 Å². The lowest BCUT2D eigenvalue weighted by Gasteiger charge is -2.22. The second-order valence-corrected chi connectivity index (χ2v) is 5.84. The molecule has 0 heterocycles. The quantitative estimate of drug-likeness (QED) is 0.634. The van der Waals surface area contributed by atoms with Crippen molar-refractivity contribution in [1.82, 2.24) is 0 Å². The van der Waals surface area contributed by atoms with E-state index in [0.29, 0.717) is 0 Å². The van der Waals surface area contributed by atoms with E-state index in [1.54, 1.807) is 0 Å². The highest BCUT2D eigenvalue weighted by Crippen LogP contribution is 2.25. The largest absolute Gasteiger partial charge is 0.390 e. The molecule has 0 aliphatic rings. The Hall–Kier alpha value is 0.200. The molecule has 0 rings (SSSR count). The third kappa shape index (κ3) is 1.84. The smallest absolute Gasteiger partial charge is 0.169 e. The molecule has 5 heteroatoms. The summed E-state index contributed by atoms with van der Waals surface area (Å²) in [6.45, 7) is 2.61. The van der Waals surface area contributed by atoms with Crippen molar-refractivity contribution in [3.8, 4) is 0 Å². The van der Waals surface area contributed by atoms with E-state index < -0.39 is 20.1 Å². The van der Waals surface area contributed by atoms with Crippen LogP contribution in [-0.4, -0.2) is 30.1 Å². The highest BCUT2D eigenvalue weighted by atomic mass is 35.5. The lowest BCUT2D eigenvalue weighted by Crippen LogP contribution is -2.38. The van der Waals surface area contributed by atoms with Gasteiger partial charge in [0.2, 0.25) is 0 Å². The number of alkyl halides is 1. The van der Waals surface area contributed by atoms with Gasteiger partial charge >= 0.3 is 0 Å². The van der Waals surface area contributed by atoms with Gasteiger partial charge in [-0.05, 0) is 13.8 Å². The molecule has 0 fully saturated rings. The Morgan fingerprint density at radius 1 is 1.60 bits per heavy atom. The van der Waals surface area contributed by atoms with Crippen molar-refractivity contribution in [1.29, 1.82) is 0 Å². The maximum atomic E-state index is 10.8. The van der Waals surface area contributed by atoms with Crippen molar-refractivity contribution in [3.63, 3.8) is 0 Å². The molecule has 1 N–H and O–H groups in total. The molecule has 2 atom stereocenters. The molecular weight excluding hydrogens is 176 g/mol. The molecule has 0 aliphatic heterocycles. The van der Waals surface area contributed by atoms with Crippen molar-refractivity contribution in [2.24, 2.45) is 0 Å². The molecule has 0 aliphatic carbocycles. The summed E-state index contributed by atoms with van der Waals surface area (Å²) < 4.78 is 20.0. The van der Waals surface area contributed by atoms with Crippen molar-refractivity contribution in [3.05, 3.63) is 0 Å². The molecule has 0 aromatic heterocycles. The molecule has 0 amide bonds. The molecule has 0 radical (unpaired) electrons. The minimum absolute atomic E-state index is 0.993. The minimum atomic E-state index is -3.39. The van der Waals surface area contributed by atoms with Crippen LogP contribution < -0.4 is 0 Å². The molecule has 0 bridgehead atoms. The van der Waals surface area contributed by atoms with E-state index >= 15 is 0 Å². The minimum Gasteiger partial charge on any atom is -0.390 e. The zero-order valence-corrected chi connectivity index (χ0v) is 7.70. The Kier molecular flexibility index (Phi) is 2.73. The zero-order chi connectivity index (χ0) is 8.58. The third-order valence-corrected chi connectivity index (χ3v) is 4.42. The van der Waals surface area contributed by atoms with Gasteiger partial charge in [0.15, 0.2) is 14.0 Å². The van der Waals surface area contributed by atoms with Crippen molar-refractivity contribution in [2.45, 2.75) is 24.2 Å². The van der Waals surface area contributed by atoms with Crippen LogP contribution in [0.5, 0.6) is 0 Å². The first-order chi connectivity index (χ1) is 4.19. The zero-order valence-electron chi connectivity index (χ0n) is 6.13. The third-order valence-electron chi connectivity index (χ3n) is 1.47. The Labute approximate surface area is 65.9 Å². The van der Waals surface area contributed by atoms with Crippen LogP contribution in [0.2, 0.25) is 0 Å². The Morgan fingerprint density at radius 2 is 1.90 bits per heavy atom.